The molecule has 34 heavy (non-hydrogen) atoms. The predicted octanol–water partition coefficient (Wildman–Crippen LogP) is 5.66. The van der Waals surface area contributed by atoms with Gasteiger partial charge in [0.25, 0.3) is 0 Å². The Kier molecular flexibility index (Phi) is 9.41. The first kappa shape index (κ1) is 27.1. The summed E-state index contributed by atoms with van der Waals surface area (Å²) in [5.74, 6) is -0.701. The molecule has 1 aliphatic carbocycles. The van der Waals surface area contributed by atoms with Gasteiger partial charge in [-0.1, -0.05) is 13.8 Å². The Morgan fingerprint density at radius 2 is 1.32 bits per heavy atom. The van der Waals surface area contributed by atoms with E-state index in [-0.39, 0.29) is 16.8 Å². The van der Waals surface area contributed by atoms with Gasteiger partial charge in [0.15, 0.2) is 0 Å². The van der Waals surface area contributed by atoms with E-state index >= 15 is 0 Å². The number of carbonyl (C=O) groups is 2. The van der Waals surface area contributed by atoms with Gasteiger partial charge in [0, 0.05) is 17.4 Å². The highest BCUT2D eigenvalue weighted by molar-refractivity contribution is 5.93. The van der Waals surface area contributed by atoms with Crippen LogP contribution in [0.4, 0.5) is 20.2 Å². The summed E-state index contributed by atoms with van der Waals surface area (Å²) < 4.78 is 35.8. The molecule has 1 fully saturated rings. The van der Waals surface area contributed by atoms with Gasteiger partial charge in [-0.05, 0) is 80.3 Å². The number of rotatable bonds is 4. The molecule has 0 aromatic heterocycles. The highest BCUT2D eigenvalue weighted by Crippen LogP contribution is 2.32. The third kappa shape index (κ3) is 6.92. The molecule has 6 nitrogen and oxygen atoms in total. The monoisotopic (exact) mass is 476 g/mol. The third-order valence-electron chi connectivity index (χ3n) is 6.13. The minimum atomic E-state index is -0.580. The Hall–Kier alpha value is -3.16. The maximum absolute atomic E-state index is 13.8. The van der Waals surface area contributed by atoms with Crippen LogP contribution in [0.3, 0.4) is 0 Å². The van der Waals surface area contributed by atoms with E-state index in [9.17, 15) is 18.4 Å². The number of benzene rings is 2. The number of carbonyl (C=O) groups excluding carboxylic acids is 2. The Morgan fingerprint density at radius 1 is 0.853 bits per heavy atom. The number of ether oxygens (including phenoxy) is 2. The molecule has 0 saturated heterocycles. The fourth-order valence-electron chi connectivity index (χ4n) is 4.46. The van der Waals surface area contributed by atoms with E-state index in [0.29, 0.717) is 29.1 Å². The molecule has 0 aliphatic heterocycles. The zero-order valence-electron chi connectivity index (χ0n) is 20.6. The maximum atomic E-state index is 13.8. The summed E-state index contributed by atoms with van der Waals surface area (Å²) in [5.41, 5.74) is 8.15. The summed E-state index contributed by atoms with van der Waals surface area (Å²) in [6.07, 6.45) is 3.40. The van der Waals surface area contributed by atoms with Gasteiger partial charge in [-0.15, -0.1) is 0 Å². The largest absolute Gasteiger partial charge is 0.465 e. The van der Waals surface area contributed by atoms with E-state index in [4.69, 9.17) is 10.5 Å². The lowest BCUT2D eigenvalue weighted by molar-refractivity contribution is 0.0590. The minimum absolute atomic E-state index is 0.167. The van der Waals surface area contributed by atoms with Crippen molar-refractivity contribution in [1.29, 1.82) is 0 Å². The average Bonchev–Trinajstić information content (AvgIpc) is 2.77. The van der Waals surface area contributed by atoms with Crippen LogP contribution in [0.15, 0.2) is 24.3 Å². The van der Waals surface area contributed by atoms with Crippen LogP contribution in [0.1, 0.15) is 65.0 Å². The highest BCUT2D eigenvalue weighted by Gasteiger charge is 2.25. The Morgan fingerprint density at radius 3 is 1.82 bits per heavy atom. The molecule has 0 radical (unpaired) electrons. The fourth-order valence-corrected chi connectivity index (χ4v) is 4.46. The number of methoxy groups -OCH3 is 2. The van der Waals surface area contributed by atoms with Crippen LogP contribution in [0, 0.1) is 37.3 Å². The minimum Gasteiger partial charge on any atom is -0.465 e. The molecule has 0 amide bonds. The van der Waals surface area contributed by atoms with Crippen LogP contribution in [0.5, 0.6) is 0 Å². The second kappa shape index (κ2) is 11.8. The molecule has 3 rings (SSSR count). The van der Waals surface area contributed by atoms with Crippen molar-refractivity contribution in [3.05, 3.63) is 58.2 Å². The molecule has 1 aliphatic rings. The number of hydrogen-bond donors (Lipinski definition) is 2. The van der Waals surface area contributed by atoms with Gasteiger partial charge in [-0.25, -0.2) is 18.4 Å². The molecular weight excluding hydrogens is 442 g/mol. The molecule has 2 aromatic carbocycles. The van der Waals surface area contributed by atoms with Gasteiger partial charge in [0.05, 0.1) is 25.3 Å². The van der Waals surface area contributed by atoms with Gasteiger partial charge in [-0.2, -0.15) is 0 Å². The Bertz CT molecular complexity index is 1030. The first-order valence-electron chi connectivity index (χ1n) is 11.3. The quantitative estimate of drug-likeness (QED) is 0.437. The molecule has 8 heteroatoms. The third-order valence-corrected chi connectivity index (χ3v) is 6.13. The van der Waals surface area contributed by atoms with E-state index in [1.54, 1.807) is 6.92 Å². The number of esters is 2. The molecule has 186 valence electrons. The summed E-state index contributed by atoms with van der Waals surface area (Å²) in [4.78, 5) is 22.8. The summed E-state index contributed by atoms with van der Waals surface area (Å²) in [5, 5.41) is 3.42. The molecule has 3 atom stereocenters. The molecule has 1 saturated carbocycles. The number of anilines is 2. The molecule has 2 aromatic rings. The molecular formula is C26H34F2N2O4. The van der Waals surface area contributed by atoms with Crippen LogP contribution >= 0.6 is 0 Å². The molecule has 0 spiro atoms. The molecule has 0 bridgehead atoms. The maximum Gasteiger partial charge on any atom is 0.338 e. The first-order valence-corrected chi connectivity index (χ1v) is 11.3. The predicted molar refractivity (Wildman–Crippen MR) is 129 cm³/mol. The van der Waals surface area contributed by atoms with Gasteiger partial charge < -0.3 is 20.5 Å². The van der Waals surface area contributed by atoms with E-state index in [2.05, 4.69) is 23.9 Å². The topological polar surface area (TPSA) is 90.7 Å². The van der Waals surface area contributed by atoms with Crippen LogP contribution in [0.25, 0.3) is 0 Å². The first-order chi connectivity index (χ1) is 16.0. The number of nitrogens with two attached hydrogens (primary N) is 1. The van der Waals surface area contributed by atoms with Crippen molar-refractivity contribution in [3.63, 3.8) is 0 Å². The average molecular weight is 477 g/mol. The second-order valence-corrected chi connectivity index (χ2v) is 9.04. The summed E-state index contributed by atoms with van der Waals surface area (Å²) in [6, 6.07) is 5.30. The zero-order chi connectivity index (χ0) is 25.6. The number of nitrogen functional groups attached to an aromatic ring is 1. The Balaban J connectivity index is 0.000000270. The van der Waals surface area contributed by atoms with Gasteiger partial charge in [0.2, 0.25) is 0 Å². The van der Waals surface area contributed by atoms with E-state index in [1.165, 1.54) is 38.8 Å². The zero-order valence-corrected chi connectivity index (χ0v) is 20.6. The molecule has 3 N–H and O–H groups in total. The lowest BCUT2D eigenvalue weighted by Crippen LogP contribution is -2.30. The van der Waals surface area contributed by atoms with Gasteiger partial charge in [-0.3, -0.25) is 0 Å². The lowest BCUT2D eigenvalue weighted by Gasteiger charge is -2.33. The van der Waals surface area contributed by atoms with Crippen LogP contribution in [-0.2, 0) is 9.47 Å². The lowest BCUT2D eigenvalue weighted by atomic mass is 9.80. The van der Waals surface area contributed by atoms with Crippen molar-refractivity contribution < 1.29 is 27.8 Å². The summed E-state index contributed by atoms with van der Waals surface area (Å²) >= 11 is 0. The van der Waals surface area contributed by atoms with Crippen molar-refractivity contribution in [1.82, 2.24) is 0 Å². The van der Waals surface area contributed by atoms with Gasteiger partial charge >= 0.3 is 11.9 Å². The van der Waals surface area contributed by atoms with Crippen molar-refractivity contribution in [3.8, 4) is 0 Å². The molecule has 1 unspecified atom stereocenters. The Labute approximate surface area is 199 Å². The SMILES string of the molecule is COC(=O)c1cc(F)cc(N)c1C.COC(=O)c1cc(F)cc(NC2C[C@@H](C)C[C@@H](C)C2)c1C. The van der Waals surface area contributed by atoms with Crippen molar-refractivity contribution in [2.24, 2.45) is 11.8 Å². The van der Waals surface area contributed by atoms with Crippen molar-refractivity contribution in [2.45, 2.75) is 53.0 Å². The number of nitrogens with one attached hydrogen (secondary N) is 1. The summed E-state index contributed by atoms with van der Waals surface area (Å²) in [6.45, 7) is 7.97. The highest BCUT2D eigenvalue weighted by atomic mass is 19.1. The summed E-state index contributed by atoms with van der Waals surface area (Å²) in [7, 11) is 2.55. The van der Waals surface area contributed by atoms with Crippen molar-refractivity contribution in [2.75, 3.05) is 25.3 Å². The van der Waals surface area contributed by atoms with Gasteiger partial charge in [0.1, 0.15) is 11.6 Å². The number of hydrogen-bond acceptors (Lipinski definition) is 6. The van der Waals surface area contributed by atoms with Crippen molar-refractivity contribution >= 4 is 23.3 Å². The molecule has 0 heterocycles. The van der Waals surface area contributed by atoms with Crippen LogP contribution in [-0.4, -0.2) is 32.2 Å². The fraction of sp³-hybridized carbons (Fsp3) is 0.462. The number of halogens is 2. The van der Waals surface area contributed by atoms with E-state index < -0.39 is 23.6 Å². The normalized spacial score (nSPS) is 19.5. The van der Waals surface area contributed by atoms with E-state index in [0.717, 1.165) is 24.5 Å². The smallest absolute Gasteiger partial charge is 0.338 e. The standard InChI is InChI=1S/C17H24FNO2.C9H10FNO2/c1-10-5-11(2)7-14(6-10)19-16-9-13(18)8-15(12(16)3)17(20)21-4;1-5-7(9(12)13-2)3-6(10)4-8(5)11/h8-11,14,19H,5-7H2,1-4H3;3-4H,11H2,1-2H3/t10-,11+,14?;. The van der Waals surface area contributed by atoms with Crippen LogP contribution < -0.4 is 11.1 Å². The van der Waals surface area contributed by atoms with Crippen LogP contribution in [0.2, 0.25) is 0 Å². The van der Waals surface area contributed by atoms with E-state index in [1.807, 2.05) is 6.92 Å². The second-order valence-electron chi connectivity index (χ2n) is 9.04.